The van der Waals surface area contributed by atoms with Crippen LogP contribution in [0.25, 0.3) is 0 Å². The van der Waals surface area contributed by atoms with Crippen molar-refractivity contribution in [1.29, 1.82) is 0 Å². The molecule has 0 aromatic carbocycles. The van der Waals surface area contributed by atoms with Gasteiger partial charge >= 0.3 is 23.9 Å². The zero-order chi connectivity index (χ0) is 55.5. The van der Waals surface area contributed by atoms with Crippen LogP contribution in [0.5, 0.6) is 0 Å². The lowest BCUT2D eigenvalue weighted by Crippen LogP contribution is -2.60. The van der Waals surface area contributed by atoms with Crippen LogP contribution < -0.4 is 21.3 Å². The highest BCUT2D eigenvalue weighted by molar-refractivity contribution is 5.82. The van der Waals surface area contributed by atoms with Crippen molar-refractivity contribution in [2.75, 3.05) is 14.2 Å². The molecule has 0 aromatic rings. The molecule has 16 heteroatoms. The second-order valence-corrected chi connectivity index (χ2v) is 28.4. The minimum atomic E-state index is -1.08. The fraction of sp³-hybridized carbons (Fsp3) is 0.912. The van der Waals surface area contributed by atoms with Gasteiger partial charge in [-0.3, -0.25) is 24.0 Å². The Morgan fingerprint density at radius 1 is 0.411 bits per heavy atom. The Morgan fingerprint density at radius 3 is 0.945 bits per heavy atom. The minimum Gasteiger partial charge on any atom is -0.469 e. The van der Waals surface area contributed by atoms with Crippen molar-refractivity contribution in [3.05, 3.63) is 0 Å². The Balaban J connectivity index is 0.000000334. The monoisotopic (exact) mass is 1030 g/mol. The molecule has 6 fully saturated rings. The number of carbonyl (C=O) groups is 5. The van der Waals surface area contributed by atoms with Crippen LogP contribution in [0.2, 0.25) is 0 Å². The predicted octanol–water partition coefficient (Wildman–Crippen LogP) is 7.61. The number of Topliss-reactive ketones (excluding diaryl/α,β-unsaturated/α-hetero) is 1. The molecule has 4 heterocycles. The highest BCUT2D eigenvalue weighted by atomic mass is 16.6. The van der Waals surface area contributed by atoms with Gasteiger partial charge < -0.3 is 55.2 Å². The van der Waals surface area contributed by atoms with Crippen molar-refractivity contribution >= 4 is 29.7 Å². The van der Waals surface area contributed by atoms with Gasteiger partial charge in [0.2, 0.25) is 0 Å². The fourth-order valence-corrected chi connectivity index (χ4v) is 14.4. The van der Waals surface area contributed by atoms with E-state index in [0.717, 1.165) is 51.4 Å². The fourth-order valence-electron chi connectivity index (χ4n) is 14.4. The molecule has 6 aliphatic rings. The first kappa shape index (κ1) is 62.8. The molecule has 2 aliphatic carbocycles. The van der Waals surface area contributed by atoms with E-state index < -0.39 is 18.1 Å². The number of aliphatic hydroxyl groups is 2. The van der Waals surface area contributed by atoms with Crippen LogP contribution in [-0.2, 0) is 47.7 Å². The topological polar surface area (TPSA) is 220 Å². The second-order valence-electron chi connectivity index (χ2n) is 28.4. The number of ketones is 1. The van der Waals surface area contributed by atoms with Gasteiger partial charge in [-0.1, -0.05) is 0 Å². The second kappa shape index (κ2) is 23.9. The summed E-state index contributed by atoms with van der Waals surface area (Å²) in [6.07, 6.45) is 6.89. The third-order valence-corrected chi connectivity index (χ3v) is 15.7. The molecule has 4 unspecified atom stereocenters. The zero-order valence-electron chi connectivity index (χ0n) is 48.7. The first-order chi connectivity index (χ1) is 33.1. The van der Waals surface area contributed by atoms with Crippen molar-refractivity contribution in [3.63, 3.8) is 0 Å². The summed E-state index contributed by atoms with van der Waals surface area (Å²) in [6, 6.07) is 0. The standard InChI is InChI=1S/C36H65N3O6.C12H18O5.C9H19NO/c1-31(2)16-25(17-32(3,4)37-31)43-28(40)22-13-23(29(41)44-26-18-33(5,6)38-34(7,8)19-26)15-24(14-22)30(42)45-27-20-35(9,10)39-36(11,12)21-27;1-7(13)8-4-9(11(14)16-2)6-10(5-8)12(15)17-3;1-8(2)5-7(11)6-9(3,4)10-8/h22-28,37-40H,13-21H2,1-12H3;8-10H,4-6H2,1-3H3;7,10-11H,5-6H2,1-4H3/t22?,23-,24?,28+;8?,9-,10?;/m11./s1. The van der Waals surface area contributed by atoms with E-state index in [0.29, 0.717) is 38.5 Å². The van der Waals surface area contributed by atoms with Crippen LogP contribution in [0.1, 0.15) is 208 Å². The van der Waals surface area contributed by atoms with Gasteiger partial charge in [-0.25, -0.2) is 0 Å². The number of hydrogen-bond acceptors (Lipinski definition) is 16. The summed E-state index contributed by atoms with van der Waals surface area (Å²) in [5.41, 5.74) is -0.747. The maximum absolute atomic E-state index is 13.8. The number of aliphatic hydroxyl groups excluding tert-OH is 2. The van der Waals surface area contributed by atoms with E-state index in [4.69, 9.17) is 14.2 Å². The Bertz CT molecular complexity index is 1760. The van der Waals surface area contributed by atoms with Gasteiger partial charge in [0.1, 0.15) is 18.0 Å². The predicted molar refractivity (Wildman–Crippen MR) is 282 cm³/mol. The summed E-state index contributed by atoms with van der Waals surface area (Å²) in [5.74, 6) is -3.69. The summed E-state index contributed by atoms with van der Waals surface area (Å²) >= 11 is 0. The van der Waals surface area contributed by atoms with Crippen molar-refractivity contribution in [3.8, 4) is 0 Å². The highest BCUT2D eigenvalue weighted by Gasteiger charge is 2.48. The molecule has 422 valence electrons. The molecule has 0 amide bonds. The van der Waals surface area contributed by atoms with Crippen LogP contribution in [0.4, 0.5) is 0 Å². The largest absolute Gasteiger partial charge is 0.469 e. The molecule has 7 atom stereocenters. The number of piperidine rings is 4. The number of rotatable bonds is 10. The molecule has 0 radical (unpaired) electrons. The Morgan fingerprint density at radius 2 is 0.671 bits per heavy atom. The lowest BCUT2D eigenvalue weighted by Gasteiger charge is -2.47. The molecule has 4 saturated heterocycles. The molecule has 0 bridgehead atoms. The van der Waals surface area contributed by atoms with Crippen LogP contribution in [0.3, 0.4) is 0 Å². The molecule has 0 spiro atoms. The van der Waals surface area contributed by atoms with E-state index in [1.54, 1.807) is 0 Å². The molecule has 16 nitrogen and oxygen atoms in total. The van der Waals surface area contributed by atoms with E-state index in [2.05, 4.69) is 142 Å². The minimum absolute atomic E-state index is 0.00695. The number of methoxy groups -OCH3 is 2. The van der Waals surface area contributed by atoms with Crippen LogP contribution in [-0.4, -0.2) is 129 Å². The van der Waals surface area contributed by atoms with Crippen molar-refractivity contribution < 1.29 is 57.9 Å². The van der Waals surface area contributed by atoms with E-state index in [9.17, 15) is 34.2 Å². The van der Waals surface area contributed by atoms with Crippen LogP contribution in [0, 0.1) is 35.5 Å². The number of carbonyl (C=O) groups excluding carboxylic acids is 5. The van der Waals surface area contributed by atoms with E-state index in [-0.39, 0.29) is 122 Å². The van der Waals surface area contributed by atoms with E-state index >= 15 is 0 Å². The summed E-state index contributed by atoms with van der Waals surface area (Å²) < 4.78 is 28.1. The smallest absolute Gasteiger partial charge is 0.309 e. The Kier molecular flexibility index (Phi) is 20.5. The number of nitrogens with one attached hydrogen (secondary N) is 4. The Hall–Kier alpha value is -2.73. The first-order valence-electron chi connectivity index (χ1n) is 27.4. The first-order valence-corrected chi connectivity index (χ1v) is 27.4. The molecular weight excluding hydrogens is 933 g/mol. The third-order valence-electron chi connectivity index (χ3n) is 15.7. The maximum Gasteiger partial charge on any atom is 0.309 e. The molecule has 0 aromatic heterocycles. The van der Waals surface area contributed by atoms with Crippen molar-refractivity contribution in [2.24, 2.45) is 35.5 Å². The number of esters is 4. The SMILES string of the molecule is CC1(C)CC(O)CC(C)(C)N1.CC1(C)CC(OC(=O)C2CC([C@@H](O)OC3CC(C)(C)NC(C)(C)C3)C[C@@H](C(=O)OC3CC(C)(C)NC(C)(C)C3)C2)CC(C)(C)N1.COC(=O)C1CC(C(C)=O)C[C@@H](C(=O)OC)C1. The van der Waals surface area contributed by atoms with Gasteiger partial charge in [0.15, 0.2) is 6.29 Å². The summed E-state index contributed by atoms with van der Waals surface area (Å²) in [5, 5.41) is 35.5. The summed E-state index contributed by atoms with van der Waals surface area (Å²) in [7, 11) is 2.62. The Labute approximate surface area is 439 Å². The molecular formula is C57H102N4O12. The normalized spacial score (nSPS) is 31.8. The lowest BCUT2D eigenvalue weighted by molar-refractivity contribution is -0.198. The molecule has 6 N–H and O–H groups in total. The van der Waals surface area contributed by atoms with Gasteiger partial charge in [0, 0.05) is 81.8 Å². The average molecular weight is 1040 g/mol. The lowest BCUT2D eigenvalue weighted by atomic mass is 9.74. The highest BCUT2D eigenvalue weighted by Crippen LogP contribution is 2.42. The van der Waals surface area contributed by atoms with Gasteiger partial charge in [-0.15, -0.1) is 0 Å². The quantitative estimate of drug-likeness (QED) is 0.0705. The molecule has 2 saturated carbocycles. The van der Waals surface area contributed by atoms with Gasteiger partial charge in [-0.05, 0) is 182 Å². The molecule has 4 aliphatic heterocycles. The maximum atomic E-state index is 13.8. The number of ether oxygens (including phenoxy) is 5. The van der Waals surface area contributed by atoms with Crippen LogP contribution in [0.15, 0.2) is 0 Å². The van der Waals surface area contributed by atoms with E-state index in [1.807, 2.05) is 0 Å². The van der Waals surface area contributed by atoms with Gasteiger partial charge in [0.05, 0.1) is 50.1 Å². The van der Waals surface area contributed by atoms with Crippen molar-refractivity contribution in [2.45, 2.75) is 283 Å². The summed E-state index contributed by atoms with van der Waals surface area (Å²) in [4.78, 5) is 62.0. The van der Waals surface area contributed by atoms with Gasteiger partial charge in [0.25, 0.3) is 0 Å². The zero-order valence-corrected chi connectivity index (χ0v) is 48.7. The third kappa shape index (κ3) is 20.0. The van der Waals surface area contributed by atoms with Gasteiger partial charge in [-0.2, -0.15) is 0 Å². The van der Waals surface area contributed by atoms with Crippen LogP contribution >= 0.6 is 0 Å². The summed E-state index contributed by atoms with van der Waals surface area (Å²) in [6.45, 7) is 35.7. The average Bonchev–Trinajstić information content (AvgIpc) is 3.18. The molecule has 6 rings (SSSR count). The molecule has 73 heavy (non-hydrogen) atoms. The number of hydrogen-bond donors (Lipinski definition) is 6. The van der Waals surface area contributed by atoms with E-state index in [1.165, 1.54) is 21.1 Å². The van der Waals surface area contributed by atoms with Crippen molar-refractivity contribution in [1.82, 2.24) is 21.3 Å².